The number of aromatic nitrogens is 3. The first kappa shape index (κ1) is 17.6. The highest BCUT2D eigenvalue weighted by Crippen LogP contribution is 2.36. The number of esters is 1. The van der Waals surface area contributed by atoms with Crippen molar-refractivity contribution in [3.63, 3.8) is 0 Å². The van der Waals surface area contributed by atoms with Crippen LogP contribution < -0.4 is 4.74 Å². The minimum atomic E-state index is -0.271. The molecule has 0 amide bonds. The number of hydrogen-bond donors (Lipinski definition) is 0. The van der Waals surface area contributed by atoms with Crippen LogP contribution in [0.15, 0.2) is 43.0 Å². The van der Waals surface area contributed by atoms with Crippen LogP contribution in [0.2, 0.25) is 0 Å². The second-order valence-corrected chi connectivity index (χ2v) is 7.17. The molecule has 1 aliphatic carbocycles. The molecule has 4 rings (SSSR count). The number of fused-ring (bicyclic) bond motifs is 1. The molecular weight excluding hydrogens is 342 g/mol. The van der Waals surface area contributed by atoms with Gasteiger partial charge in [0.2, 0.25) is 0 Å². The summed E-state index contributed by atoms with van der Waals surface area (Å²) in [5.41, 5.74) is 1.59. The Hall–Kier alpha value is -2.76. The van der Waals surface area contributed by atoms with Gasteiger partial charge in [-0.15, -0.1) is 0 Å². The number of carbonyl (C=O) groups excluding carboxylic acids is 1. The van der Waals surface area contributed by atoms with Gasteiger partial charge in [0.05, 0.1) is 24.5 Å². The van der Waals surface area contributed by atoms with E-state index in [2.05, 4.69) is 16.5 Å². The van der Waals surface area contributed by atoms with E-state index < -0.39 is 0 Å². The van der Waals surface area contributed by atoms with Crippen molar-refractivity contribution in [1.82, 2.24) is 14.1 Å². The first-order valence-electron chi connectivity index (χ1n) is 9.57. The van der Waals surface area contributed by atoms with E-state index in [4.69, 9.17) is 9.47 Å². The molecule has 1 aromatic carbocycles. The van der Waals surface area contributed by atoms with Crippen LogP contribution in [-0.4, -0.2) is 33.3 Å². The van der Waals surface area contributed by atoms with Crippen LogP contribution >= 0.6 is 0 Å². The second-order valence-electron chi connectivity index (χ2n) is 7.17. The van der Waals surface area contributed by atoms with Gasteiger partial charge in [0.25, 0.3) is 0 Å². The monoisotopic (exact) mass is 367 g/mol. The van der Waals surface area contributed by atoms with E-state index in [-0.39, 0.29) is 12.0 Å². The largest absolute Gasteiger partial charge is 0.489 e. The molecule has 0 N–H and O–H groups in total. The third-order valence-electron chi connectivity index (χ3n) is 5.02. The van der Waals surface area contributed by atoms with Crippen molar-refractivity contribution >= 4 is 16.9 Å². The van der Waals surface area contributed by atoms with Gasteiger partial charge in [-0.25, -0.2) is 9.78 Å². The topological polar surface area (TPSA) is 58.3 Å². The Balaban J connectivity index is 1.66. The summed E-state index contributed by atoms with van der Waals surface area (Å²) >= 11 is 0. The second kappa shape index (κ2) is 7.47. The number of carbonyl (C=O) groups is 1. The Morgan fingerprint density at radius 2 is 2.22 bits per heavy atom. The number of rotatable bonds is 8. The Morgan fingerprint density at radius 3 is 2.93 bits per heavy atom. The molecule has 3 aromatic rings. The lowest BCUT2D eigenvalue weighted by atomic mass is 10.2. The Morgan fingerprint density at radius 1 is 1.37 bits per heavy atom. The molecule has 0 radical (unpaired) electrons. The van der Waals surface area contributed by atoms with E-state index in [0.717, 1.165) is 23.2 Å². The molecule has 2 heterocycles. The van der Waals surface area contributed by atoms with Gasteiger partial charge in [-0.2, -0.15) is 0 Å². The smallest absolute Gasteiger partial charge is 0.354 e. The van der Waals surface area contributed by atoms with Crippen molar-refractivity contribution in [3.05, 3.63) is 48.7 Å². The number of hydrogen-bond acceptors (Lipinski definition) is 4. The van der Waals surface area contributed by atoms with Crippen LogP contribution in [0.25, 0.3) is 10.9 Å². The third-order valence-corrected chi connectivity index (χ3v) is 5.02. The van der Waals surface area contributed by atoms with Crippen LogP contribution in [0.5, 0.6) is 5.75 Å². The van der Waals surface area contributed by atoms with Crippen molar-refractivity contribution in [2.24, 2.45) is 5.92 Å². The molecule has 6 nitrogen and oxygen atoms in total. The van der Waals surface area contributed by atoms with Gasteiger partial charge in [0.1, 0.15) is 18.1 Å². The highest BCUT2D eigenvalue weighted by molar-refractivity contribution is 5.97. The van der Waals surface area contributed by atoms with Gasteiger partial charge in [0, 0.05) is 24.3 Å². The maximum atomic E-state index is 12.5. The van der Waals surface area contributed by atoms with Gasteiger partial charge < -0.3 is 18.6 Å². The lowest BCUT2D eigenvalue weighted by molar-refractivity contribution is 0.0514. The molecule has 0 bridgehead atoms. The van der Waals surface area contributed by atoms with Gasteiger partial charge in [-0.1, -0.05) is 12.1 Å². The molecule has 142 valence electrons. The summed E-state index contributed by atoms with van der Waals surface area (Å²) in [7, 11) is 0. The summed E-state index contributed by atoms with van der Waals surface area (Å²) in [5.74, 6) is 1.16. The molecular formula is C21H25N3O3. The maximum absolute atomic E-state index is 12.5. The maximum Gasteiger partial charge on any atom is 0.354 e. The molecule has 0 saturated heterocycles. The van der Waals surface area contributed by atoms with Crippen LogP contribution in [-0.2, 0) is 11.3 Å². The Kier molecular flexibility index (Phi) is 4.88. The summed E-state index contributed by atoms with van der Waals surface area (Å²) in [5, 5.41) is 1.01. The fourth-order valence-corrected chi connectivity index (χ4v) is 3.36. The average molecular weight is 367 g/mol. The lowest BCUT2D eigenvalue weighted by Crippen LogP contribution is -2.15. The van der Waals surface area contributed by atoms with Gasteiger partial charge in [0.15, 0.2) is 0 Å². The molecule has 1 saturated carbocycles. The molecule has 1 fully saturated rings. The predicted octanol–water partition coefficient (Wildman–Crippen LogP) is 4.06. The molecule has 0 unspecified atom stereocenters. The SMILES string of the molecule is CCOC(=O)c1cc2cccc(OC[C@H](C)n3ccnc3)c2n1CC1CC1. The zero-order valence-electron chi connectivity index (χ0n) is 15.8. The van der Waals surface area contributed by atoms with Crippen molar-refractivity contribution in [2.75, 3.05) is 13.2 Å². The van der Waals surface area contributed by atoms with Crippen molar-refractivity contribution in [2.45, 2.75) is 39.3 Å². The number of imidazole rings is 1. The number of ether oxygens (including phenoxy) is 2. The van der Waals surface area contributed by atoms with Crippen LogP contribution in [0, 0.1) is 5.92 Å². The van der Waals surface area contributed by atoms with Crippen LogP contribution in [0.4, 0.5) is 0 Å². The van der Waals surface area contributed by atoms with Crippen molar-refractivity contribution in [3.8, 4) is 5.75 Å². The van der Waals surface area contributed by atoms with E-state index in [1.165, 1.54) is 12.8 Å². The zero-order chi connectivity index (χ0) is 18.8. The summed E-state index contributed by atoms with van der Waals surface area (Å²) in [4.78, 5) is 16.6. The molecule has 2 aromatic heterocycles. The summed E-state index contributed by atoms with van der Waals surface area (Å²) < 4.78 is 15.6. The predicted molar refractivity (Wildman–Crippen MR) is 103 cm³/mol. The van der Waals surface area contributed by atoms with Crippen LogP contribution in [0.1, 0.15) is 43.2 Å². The van der Waals surface area contributed by atoms with Gasteiger partial charge in [-0.3, -0.25) is 0 Å². The highest BCUT2D eigenvalue weighted by atomic mass is 16.5. The Bertz CT molecular complexity index is 926. The first-order chi connectivity index (χ1) is 13.2. The van der Waals surface area contributed by atoms with Crippen molar-refractivity contribution in [1.29, 1.82) is 0 Å². The van der Waals surface area contributed by atoms with Gasteiger partial charge >= 0.3 is 5.97 Å². The summed E-state index contributed by atoms with van der Waals surface area (Å²) in [6.07, 6.45) is 7.92. The molecule has 6 heteroatoms. The van der Waals surface area contributed by atoms with E-state index in [0.29, 0.717) is 24.8 Å². The highest BCUT2D eigenvalue weighted by Gasteiger charge is 2.27. The van der Waals surface area contributed by atoms with E-state index in [1.54, 1.807) is 12.5 Å². The number of para-hydroxylation sites is 1. The Labute approximate surface area is 158 Å². The fourth-order valence-electron chi connectivity index (χ4n) is 3.36. The van der Waals surface area contributed by atoms with Crippen molar-refractivity contribution < 1.29 is 14.3 Å². The molecule has 27 heavy (non-hydrogen) atoms. The standard InChI is InChI=1S/C21H25N3O3/c1-3-26-21(25)18-11-17-5-4-6-19(20(17)24(18)12-16-7-8-16)27-13-15(2)23-10-9-22-14-23/h4-6,9-11,14-16H,3,7-8,12-13H2,1-2H3/t15-/m0/s1. The summed E-state index contributed by atoms with van der Waals surface area (Å²) in [6.45, 7) is 5.65. The quantitative estimate of drug-likeness (QED) is 0.563. The first-order valence-corrected chi connectivity index (χ1v) is 9.57. The number of nitrogens with zero attached hydrogens (tertiary/aromatic N) is 3. The summed E-state index contributed by atoms with van der Waals surface area (Å²) in [6, 6.07) is 8.05. The fraction of sp³-hybridized carbons (Fsp3) is 0.429. The normalized spacial score (nSPS) is 15.0. The van der Waals surface area contributed by atoms with Crippen LogP contribution in [0.3, 0.4) is 0 Å². The van der Waals surface area contributed by atoms with E-state index in [9.17, 15) is 4.79 Å². The molecule has 0 aliphatic heterocycles. The minimum absolute atomic E-state index is 0.166. The third kappa shape index (κ3) is 3.70. The average Bonchev–Trinajstić information content (AvgIpc) is 3.17. The van der Waals surface area contributed by atoms with Gasteiger partial charge in [-0.05, 0) is 44.7 Å². The number of benzene rings is 1. The molecule has 1 aliphatic rings. The zero-order valence-corrected chi connectivity index (χ0v) is 15.8. The van der Waals surface area contributed by atoms with E-state index >= 15 is 0 Å². The molecule has 1 atom stereocenters. The molecule has 0 spiro atoms. The lowest BCUT2D eigenvalue weighted by Gasteiger charge is -2.17. The minimum Gasteiger partial charge on any atom is -0.489 e. The van der Waals surface area contributed by atoms with E-state index in [1.807, 2.05) is 42.0 Å².